The third-order valence-electron chi connectivity index (χ3n) is 2.68. The lowest BCUT2D eigenvalue weighted by Gasteiger charge is -2.01. The van der Waals surface area contributed by atoms with Crippen molar-refractivity contribution in [1.29, 1.82) is 0 Å². The summed E-state index contributed by atoms with van der Waals surface area (Å²) in [7, 11) is 0. The second-order valence-electron chi connectivity index (χ2n) is 4.17. The standard InChI is InChI=1S/C14H8Cl2FN3S/c15-8-1-6-11(12(16)7-8)13-19-20-14(21-13)18-10-4-2-9(17)3-5-10/h1-7H,(H,18,20). The van der Waals surface area contributed by atoms with Crippen LogP contribution in [0.1, 0.15) is 0 Å². The Hall–Kier alpha value is -1.69. The number of halogens is 3. The molecule has 0 aliphatic heterocycles. The molecule has 21 heavy (non-hydrogen) atoms. The Morgan fingerprint density at radius 2 is 1.76 bits per heavy atom. The van der Waals surface area contributed by atoms with E-state index in [0.29, 0.717) is 20.2 Å². The molecule has 0 bridgehead atoms. The summed E-state index contributed by atoms with van der Waals surface area (Å²) in [5.74, 6) is -0.286. The zero-order chi connectivity index (χ0) is 14.8. The Morgan fingerprint density at radius 3 is 2.48 bits per heavy atom. The molecule has 2 aromatic carbocycles. The van der Waals surface area contributed by atoms with Crippen LogP contribution in [-0.4, -0.2) is 10.2 Å². The normalized spacial score (nSPS) is 10.6. The molecule has 7 heteroatoms. The number of hydrogen-bond acceptors (Lipinski definition) is 4. The Balaban J connectivity index is 1.84. The first-order valence-corrected chi connectivity index (χ1v) is 7.50. The van der Waals surface area contributed by atoms with Crippen LogP contribution >= 0.6 is 34.5 Å². The SMILES string of the molecule is Fc1ccc(Nc2nnc(-c3ccc(Cl)cc3Cl)s2)cc1. The van der Waals surface area contributed by atoms with Gasteiger partial charge in [0.2, 0.25) is 5.13 Å². The van der Waals surface area contributed by atoms with Crippen molar-refractivity contribution in [2.45, 2.75) is 0 Å². The molecular formula is C14H8Cl2FN3S. The lowest BCUT2D eigenvalue weighted by Crippen LogP contribution is -1.89. The zero-order valence-electron chi connectivity index (χ0n) is 10.5. The second-order valence-corrected chi connectivity index (χ2v) is 5.99. The highest BCUT2D eigenvalue weighted by molar-refractivity contribution is 7.18. The lowest BCUT2D eigenvalue weighted by atomic mass is 10.2. The van der Waals surface area contributed by atoms with Gasteiger partial charge in [0.25, 0.3) is 0 Å². The molecule has 0 spiro atoms. The molecule has 0 radical (unpaired) electrons. The maximum Gasteiger partial charge on any atom is 0.210 e. The topological polar surface area (TPSA) is 37.8 Å². The van der Waals surface area contributed by atoms with Gasteiger partial charge in [-0.15, -0.1) is 10.2 Å². The van der Waals surface area contributed by atoms with Gasteiger partial charge < -0.3 is 5.32 Å². The first-order chi connectivity index (χ1) is 10.1. The van der Waals surface area contributed by atoms with Crippen molar-refractivity contribution in [2.24, 2.45) is 0 Å². The largest absolute Gasteiger partial charge is 0.330 e. The molecule has 3 aromatic rings. The van der Waals surface area contributed by atoms with Crippen molar-refractivity contribution in [1.82, 2.24) is 10.2 Å². The van der Waals surface area contributed by atoms with Crippen molar-refractivity contribution >= 4 is 45.4 Å². The molecule has 0 saturated heterocycles. The monoisotopic (exact) mass is 339 g/mol. The third-order valence-corrected chi connectivity index (χ3v) is 4.10. The van der Waals surface area contributed by atoms with E-state index in [0.717, 1.165) is 11.3 Å². The van der Waals surface area contributed by atoms with Crippen LogP contribution in [0.15, 0.2) is 42.5 Å². The smallest absolute Gasteiger partial charge is 0.210 e. The minimum atomic E-state index is -0.286. The first kappa shape index (κ1) is 14.3. The van der Waals surface area contributed by atoms with Crippen molar-refractivity contribution in [3.8, 4) is 10.6 Å². The molecule has 1 heterocycles. The number of benzene rings is 2. The van der Waals surface area contributed by atoms with Gasteiger partial charge in [-0.1, -0.05) is 34.5 Å². The van der Waals surface area contributed by atoms with Gasteiger partial charge >= 0.3 is 0 Å². The van der Waals surface area contributed by atoms with Gasteiger partial charge in [-0.2, -0.15) is 0 Å². The number of anilines is 2. The quantitative estimate of drug-likeness (QED) is 0.694. The van der Waals surface area contributed by atoms with E-state index in [1.54, 1.807) is 30.3 Å². The Labute approximate surface area is 134 Å². The van der Waals surface area contributed by atoms with Crippen LogP contribution < -0.4 is 5.32 Å². The molecule has 3 rings (SSSR count). The number of hydrogen-bond donors (Lipinski definition) is 1. The van der Waals surface area contributed by atoms with E-state index >= 15 is 0 Å². The Morgan fingerprint density at radius 1 is 1.00 bits per heavy atom. The number of nitrogens with one attached hydrogen (secondary N) is 1. The van der Waals surface area contributed by atoms with E-state index in [1.807, 2.05) is 0 Å². The highest BCUT2D eigenvalue weighted by Gasteiger charge is 2.10. The number of rotatable bonds is 3. The summed E-state index contributed by atoms with van der Waals surface area (Å²) >= 11 is 13.4. The molecule has 1 aromatic heterocycles. The molecular weight excluding hydrogens is 332 g/mol. The van der Waals surface area contributed by atoms with E-state index in [9.17, 15) is 4.39 Å². The fraction of sp³-hybridized carbons (Fsp3) is 0. The minimum absolute atomic E-state index is 0.286. The van der Waals surface area contributed by atoms with Crippen LogP contribution in [0, 0.1) is 5.82 Å². The summed E-state index contributed by atoms with van der Waals surface area (Å²) < 4.78 is 12.8. The third kappa shape index (κ3) is 3.32. The Kier molecular flexibility index (Phi) is 4.05. The fourth-order valence-corrected chi connectivity index (χ4v) is 3.06. The molecule has 0 saturated carbocycles. The molecule has 3 nitrogen and oxygen atoms in total. The van der Waals surface area contributed by atoms with Crippen LogP contribution in [-0.2, 0) is 0 Å². The predicted octanol–water partition coefficient (Wildman–Crippen LogP) is 5.39. The van der Waals surface area contributed by atoms with Gasteiger partial charge in [-0.25, -0.2) is 4.39 Å². The summed E-state index contributed by atoms with van der Waals surface area (Å²) in [6.45, 7) is 0. The van der Waals surface area contributed by atoms with E-state index < -0.39 is 0 Å². The van der Waals surface area contributed by atoms with Crippen molar-refractivity contribution in [3.63, 3.8) is 0 Å². The van der Waals surface area contributed by atoms with Crippen LogP contribution in [0.4, 0.5) is 15.2 Å². The molecule has 0 aliphatic carbocycles. The maximum absolute atomic E-state index is 12.8. The van der Waals surface area contributed by atoms with Crippen LogP contribution in [0.25, 0.3) is 10.6 Å². The van der Waals surface area contributed by atoms with Crippen molar-refractivity contribution < 1.29 is 4.39 Å². The van der Waals surface area contributed by atoms with Crippen LogP contribution in [0.3, 0.4) is 0 Å². The number of aromatic nitrogens is 2. The summed E-state index contributed by atoms with van der Waals surface area (Å²) in [6, 6.07) is 11.2. The minimum Gasteiger partial charge on any atom is -0.330 e. The summed E-state index contributed by atoms with van der Waals surface area (Å²) in [4.78, 5) is 0. The fourth-order valence-electron chi connectivity index (χ4n) is 1.70. The van der Waals surface area contributed by atoms with E-state index in [4.69, 9.17) is 23.2 Å². The Bertz CT molecular complexity index is 774. The van der Waals surface area contributed by atoms with Gasteiger partial charge in [-0.05, 0) is 42.5 Å². The van der Waals surface area contributed by atoms with Crippen LogP contribution in [0.2, 0.25) is 10.0 Å². The van der Waals surface area contributed by atoms with Gasteiger partial charge in [0, 0.05) is 16.3 Å². The van der Waals surface area contributed by atoms with E-state index in [2.05, 4.69) is 15.5 Å². The molecule has 0 unspecified atom stereocenters. The molecule has 1 N–H and O–H groups in total. The predicted molar refractivity (Wildman–Crippen MR) is 85.0 cm³/mol. The van der Waals surface area contributed by atoms with Gasteiger partial charge in [0.1, 0.15) is 5.82 Å². The van der Waals surface area contributed by atoms with Gasteiger partial charge in [0.05, 0.1) is 5.02 Å². The van der Waals surface area contributed by atoms with Crippen molar-refractivity contribution in [2.75, 3.05) is 5.32 Å². The summed E-state index contributed by atoms with van der Waals surface area (Å²) in [5.41, 5.74) is 1.51. The molecule has 0 atom stereocenters. The summed E-state index contributed by atoms with van der Waals surface area (Å²) in [5, 5.41) is 13.6. The molecule has 0 fully saturated rings. The molecule has 106 valence electrons. The van der Waals surface area contributed by atoms with Gasteiger partial charge in [0.15, 0.2) is 5.01 Å². The number of nitrogens with zero attached hydrogens (tertiary/aromatic N) is 2. The average Bonchev–Trinajstić information content (AvgIpc) is 2.90. The summed E-state index contributed by atoms with van der Waals surface area (Å²) in [6.07, 6.45) is 0. The molecule has 0 aliphatic rings. The average molecular weight is 340 g/mol. The highest BCUT2D eigenvalue weighted by atomic mass is 35.5. The highest BCUT2D eigenvalue weighted by Crippen LogP contribution is 2.34. The zero-order valence-corrected chi connectivity index (χ0v) is 12.8. The van der Waals surface area contributed by atoms with Gasteiger partial charge in [-0.3, -0.25) is 0 Å². The maximum atomic E-state index is 12.8. The van der Waals surface area contributed by atoms with E-state index in [-0.39, 0.29) is 5.82 Å². The molecule has 0 amide bonds. The first-order valence-electron chi connectivity index (χ1n) is 5.93. The second kappa shape index (κ2) is 5.97. The lowest BCUT2D eigenvalue weighted by molar-refractivity contribution is 0.628. The van der Waals surface area contributed by atoms with Crippen LogP contribution in [0.5, 0.6) is 0 Å². The van der Waals surface area contributed by atoms with Crippen molar-refractivity contribution in [3.05, 3.63) is 58.3 Å². The van der Waals surface area contributed by atoms with E-state index in [1.165, 1.54) is 23.5 Å².